The highest BCUT2D eigenvalue weighted by molar-refractivity contribution is 4.86. The van der Waals surface area contributed by atoms with Gasteiger partial charge in [0.2, 0.25) is 0 Å². The van der Waals surface area contributed by atoms with Crippen molar-refractivity contribution in [2.75, 3.05) is 0 Å². The van der Waals surface area contributed by atoms with Crippen molar-refractivity contribution in [1.82, 2.24) is 0 Å². The summed E-state index contributed by atoms with van der Waals surface area (Å²) in [5, 5.41) is 0. The highest BCUT2D eigenvalue weighted by Gasteiger charge is 2.38. The van der Waals surface area contributed by atoms with Crippen LogP contribution in [0.3, 0.4) is 0 Å². The first-order valence-electron chi connectivity index (χ1n) is 5.23. The maximum absolute atomic E-state index is 6.00. The van der Waals surface area contributed by atoms with Gasteiger partial charge in [-0.1, -0.05) is 42.0 Å². The van der Waals surface area contributed by atoms with Gasteiger partial charge in [0.25, 0.3) is 0 Å². The van der Waals surface area contributed by atoms with Gasteiger partial charge in [-0.05, 0) is 24.2 Å². The van der Waals surface area contributed by atoms with Crippen LogP contribution in [-0.4, -0.2) is 12.2 Å². The van der Waals surface area contributed by atoms with E-state index in [-0.39, 0.29) is 7.43 Å². The van der Waals surface area contributed by atoms with Crippen LogP contribution in [-0.2, 0) is 4.74 Å². The Morgan fingerprint density at radius 2 is 1.69 bits per heavy atom. The lowest BCUT2D eigenvalue weighted by atomic mass is 9.85. The van der Waals surface area contributed by atoms with E-state index < -0.39 is 0 Å². The van der Waals surface area contributed by atoms with Crippen LogP contribution in [0.4, 0.5) is 0 Å². The summed E-state index contributed by atoms with van der Waals surface area (Å²) in [6.07, 6.45) is 2.16. The number of hydrogen-bond donors (Lipinski definition) is 0. The first kappa shape index (κ1) is 13.0. The highest BCUT2D eigenvalue weighted by atomic mass is 16.5. The molecule has 4 atom stereocenters. The van der Waals surface area contributed by atoms with Crippen LogP contribution in [0.5, 0.6) is 0 Å². The molecule has 1 heteroatoms. The Bertz CT molecular complexity index is 142. The lowest BCUT2D eigenvalue weighted by molar-refractivity contribution is 0.00413. The molecular formula is C12H26O. The topological polar surface area (TPSA) is 9.23 Å². The van der Waals surface area contributed by atoms with Crippen LogP contribution >= 0.6 is 0 Å². The molecule has 1 heterocycles. The third-order valence-corrected chi connectivity index (χ3v) is 3.33. The smallest absolute Gasteiger partial charge is 0.0630 e. The van der Waals surface area contributed by atoms with Crippen LogP contribution in [0.15, 0.2) is 0 Å². The summed E-state index contributed by atoms with van der Waals surface area (Å²) in [6, 6.07) is 0. The molecule has 1 saturated heterocycles. The summed E-state index contributed by atoms with van der Waals surface area (Å²) in [7, 11) is 0. The van der Waals surface area contributed by atoms with E-state index in [1.807, 2.05) is 0 Å². The Hall–Kier alpha value is -0.0400. The fourth-order valence-electron chi connectivity index (χ4n) is 2.32. The molecule has 0 aliphatic carbocycles. The van der Waals surface area contributed by atoms with E-state index in [9.17, 15) is 0 Å². The van der Waals surface area contributed by atoms with E-state index in [1.54, 1.807) is 0 Å². The summed E-state index contributed by atoms with van der Waals surface area (Å²) in [5.41, 5.74) is 0. The van der Waals surface area contributed by atoms with E-state index >= 15 is 0 Å². The molecule has 0 aromatic heterocycles. The lowest BCUT2D eigenvalue weighted by Crippen LogP contribution is -2.21. The second-order valence-electron chi connectivity index (χ2n) is 4.51. The molecule has 1 unspecified atom stereocenters. The zero-order valence-electron chi connectivity index (χ0n) is 9.00. The van der Waals surface area contributed by atoms with Crippen molar-refractivity contribution in [2.45, 2.75) is 60.7 Å². The summed E-state index contributed by atoms with van der Waals surface area (Å²) in [4.78, 5) is 0. The van der Waals surface area contributed by atoms with E-state index in [0.717, 1.165) is 18.3 Å². The Balaban J connectivity index is 0.00000144. The maximum Gasteiger partial charge on any atom is 0.0630 e. The molecule has 0 aromatic rings. The third-order valence-electron chi connectivity index (χ3n) is 3.33. The molecule has 0 spiro atoms. The monoisotopic (exact) mass is 186 g/mol. The van der Waals surface area contributed by atoms with Gasteiger partial charge in [0.1, 0.15) is 0 Å². The van der Waals surface area contributed by atoms with Gasteiger partial charge in [0.05, 0.1) is 12.2 Å². The SMILES string of the molecule is C.CC[C@H]1O[C@@H](C(C)C)[C@@H](C)C1C. The average molecular weight is 186 g/mol. The zero-order chi connectivity index (χ0) is 9.30. The quantitative estimate of drug-likeness (QED) is 0.638. The van der Waals surface area contributed by atoms with Crippen molar-refractivity contribution in [3.63, 3.8) is 0 Å². The molecule has 0 saturated carbocycles. The van der Waals surface area contributed by atoms with Crippen molar-refractivity contribution in [2.24, 2.45) is 17.8 Å². The molecule has 0 N–H and O–H groups in total. The van der Waals surface area contributed by atoms with Crippen molar-refractivity contribution < 1.29 is 4.74 Å². The molecule has 1 aliphatic rings. The Kier molecular flexibility index (Phi) is 4.98. The van der Waals surface area contributed by atoms with Crippen LogP contribution in [0, 0.1) is 17.8 Å². The van der Waals surface area contributed by atoms with Gasteiger partial charge >= 0.3 is 0 Å². The largest absolute Gasteiger partial charge is 0.374 e. The predicted molar refractivity (Wildman–Crippen MR) is 58.8 cm³/mol. The Morgan fingerprint density at radius 1 is 1.15 bits per heavy atom. The molecule has 13 heavy (non-hydrogen) atoms. The molecule has 80 valence electrons. The fourth-order valence-corrected chi connectivity index (χ4v) is 2.32. The van der Waals surface area contributed by atoms with Crippen molar-refractivity contribution in [3.05, 3.63) is 0 Å². The number of rotatable bonds is 2. The fraction of sp³-hybridized carbons (Fsp3) is 1.00. The lowest BCUT2D eigenvalue weighted by Gasteiger charge is -2.19. The van der Waals surface area contributed by atoms with Gasteiger partial charge in [-0.2, -0.15) is 0 Å². The molecule has 0 bridgehead atoms. The second kappa shape index (κ2) is 4.99. The van der Waals surface area contributed by atoms with Gasteiger partial charge < -0.3 is 4.74 Å². The molecular weight excluding hydrogens is 160 g/mol. The zero-order valence-corrected chi connectivity index (χ0v) is 9.00. The van der Waals surface area contributed by atoms with E-state index in [1.165, 1.54) is 0 Å². The highest BCUT2D eigenvalue weighted by Crippen LogP contribution is 2.36. The number of hydrogen-bond acceptors (Lipinski definition) is 1. The minimum atomic E-state index is 0. The third kappa shape index (κ3) is 2.46. The molecule has 0 radical (unpaired) electrons. The summed E-state index contributed by atoms with van der Waals surface area (Å²) >= 11 is 0. The summed E-state index contributed by atoms with van der Waals surface area (Å²) in [6.45, 7) is 11.4. The van der Waals surface area contributed by atoms with Crippen molar-refractivity contribution >= 4 is 0 Å². The predicted octanol–water partition coefficient (Wildman–Crippen LogP) is 3.73. The van der Waals surface area contributed by atoms with Crippen LogP contribution < -0.4 is 0 Å². The van der Waals surface area contributed by atoms with Gasteiger partial charge in [0.15, 0.2) is 0 Å². The second-order valence-corrected chi connectivity index (χ2v) is 4.51. The first-order chi connectivity index (χ1) is 5.57. The van der Waals surface area contributed by atoms with Gasteiger partial charge in [-0.3, -0.25) is 0 Å². The minimum absolute atomic E-state index is 0. The van der Waals surface area contributed by atoms with E-state index in [2.05, 4.69) is 34.6 Å². The first-order valence-corrected chi connectivity index (χ1v) is 5.23. The van der Waals surface area contributed by atoms with Gasteiger partial charge in [0, 0.05) is 0 Å². The Labute approximate surface area is 83.9 Å². The van der Waals surface area contributed by atoms with Crippen molar-refractivity contribution in [1.29, 1.82) is 0 Å². The molecule has 0 aromatic carbocycles. The standard InChI is InChI=1S/C11H22O.CH4/c1-6-10-8(4)9(5)11(12-10)7(2)3;/h7-11H,6H2,1-5H3;1H4/t8?,9-,10+,11-;/m0./s1. The maximum atomic E-state index is 6.00. The van der Waals surface area contributed by atoms with Gasteiger partial charge in [-0.25, -0.2) is 0 Å². The summed E-state index contributed by atoms with van der Waals surface area (Å²) < 4.78 is 6.00. The van der Waals surface area contributed by atoms with Gasteiger partial charge in [-0.15, -0.1) is 0 Å². The molecule has 1 aliphatic heterocycles. The van der Waals surface area contributed by atoms with Crippen LogP contribution in [0.1, 0.15) is 48.5 Å². The average Bonchev–Trinajstić information content (AvgIpc) is 2.30. The van der Waals surface area contributed by atoms with Crippen molar-refractivity contribution in [3.8, 4) is 0 Å². The van der Waals surface area contributed by atoms with E-state index in [0.29, 0.717) is 18.1 Å². The number of ether oxygens (including phenoxy) is 1. The normalized spacial score (nSPS) is 39.2. The minimum Gasteiger partial charge on any atom is -0.374 e. The molecule has 1 rings (SSSR count). The molecule has 1 nitrogen and oxygen atoms in total. The van der Waals surface area contributed by atoms with E-state index in [4.69, 9.17) is 4.74 Å². The molecule has 1 fully saturated rings. The van der Waals surface area contributed by atoms with Crippen LogP contribution in [0.25, 0.3) is 0 Å². The van der Waals surface area contributed by atoms with Crippen LogP contribution in [0.2, 0.25) is 0 Å². The molecule has 0 amide bonds. The summed E-state index contributed by atoms with van der Waals surface area (Å²) in [5.74, 6) is 2.14. The Morgan fingerprint density at radius 3 is 1.92 bits per heavy atom.